The maximum Gasteiger partial charge on any atom is 0.310 e. The molecule has 26 heavy (non-hydrogen) atoms. The highest BCUT2D eigenvalue weighted by Crippen LogP contribution is 2.36. The molecule has 144 valence electrons. The number of carbonyl (C=O) groups is 2. The molecular weight excluding hydrogens is 352 g/mol. The molecule has 1 aromatic rings. The molecule has 1 aliphatic rings. The van der Waals surface area contributed by atoms with Crippen LogP contribution in [0.3, 0.4) is 0 Å². The number of hydrogen-bond acceptors (Lipinski definition) is 5. The molecule has 3 N–H and O–H groups in total. The van der Waals surface area contributed by atoms with Gasteiger partial charge in [-0.15, -0.1) is 0 Å². The van der Waals surface area contributed by atoms with E-state index in [-0.39, 0.29) is 30.0 Å². The third-order valence-electron chi connectivity index (χ3n) is 5.01. The molecule has 1 aliphatic carbocycles. The van der Waals surface area contributed by atoms with E-state index in [1.807, 2.05) is 30.3 Å². The van der Waals surface area contributed by atoms with E-state index >= 15 is 0 Å². The lowest BCUT2D eigenvalue weighted by molar-refractivity contribution is -0.139. The number of hydrogen-bond donors (Lipinski definition) is 3. The molecular formula is C20H28O5S. The number of carboxylic acid groups (broad SMARTS) is 1. The van der Waals surface area contributed by atoms with Crippen molar-refractivity contribution in [1.82, 2.24) is 0 Å². The van der Waals surface area contributed by atoms with E-state index in [0.29, 0.717) is 12.2 Å². The first-order valence-electron chi connectivity index (χ1n) is 9.25. The van der Waals surface area contributed by atoms with Crippen LogP contribution in [0.4, 0.5) is 0 Å². The van der Waals surface area contributed by atoms with E-state index < -0.39 is 18.0 Å². The minimum atomic E-state index is -0.800. The van der Waals surface area contributed by atoms with E-state index in [2.05, 4.69) is 0 Å². The van der Waals surface area contributed by atoms with E-state index in [0.717, 1.165) is 31.2 Å². The van der Waals surface area contributed by atoms with Crippen molar-refractivity contribution in [3.05, 3.63) is 35.9 Å². The summed E-state index contributed by atoms with van der Waals surface area (Å²) in [5.41, 5.74) is 0.828. The molecule has 0 spiro atoms. The average molecular weight is 381 g/mol. The molecule has 6 heteroatoms. The second kappa shape index (κ2) is 10.7. The predicted molar refractivity (Wildman–Crippen MR) is 102 cm³/mol. The normalized spacial score (nSPS) is 23.9. The minimum absolute atomic E-state index is 0.0465. The number of aliphatic carboxylic acids is 1. The zero-order chi connectivity index (χ0) is 18.9. The van der Waals surface area contributed by atoms with Gasteiger partial charge in [-0.25, -0.2) is 0 Å². The van der Waals surface area contributed by atoms with Crippen molar-refractivity contribution < 1.29 is 24.9 Å². The van der Waals surface area contributed by atoms with Gasteiger partial charge in [0.15, 0.2) is 0 Å². The van der Waals surface area contributed by atoms with Crippen LogP contribution in [-0.2, 0) is 9.59 Å². The molecule has 0 aromatic heterocycles. The first kappa shape index (κ1) is 20.9. The Hall–Kier alpha value is -1.37. The molecule has 1 saturated carbocycles. The summed E-state index contributed by atoms with van der Waals surface area (Å²) in [5, 5.41) is 28.3. The molecule has 0 heterocycles. The van der Waals surface area contributed by atoms with Crippen molar-refractivity contribution >= 4 is 23.5 Å². The van der Waals surface area contributed by atoms with Gasteiger partial charge in [-0.3, -0.25) is 9.59 Å². The highest BCUT2D eigenvalue weighted by Gasteiger charge is 2.41. The van der Waals surface area contributed by atoms with Crippen LogP contribution in [0, 0.1) is 5.92 Å². The Morgan fingerprint density at radius 3 is 2.58 bits per heavy atom. The van der Waals surface area contributed by atoms with Crippen LogP contribution in [0.5, 0.6) is 0 Å². The number of carboxylic acids is 1. The molecule has 0 radical (unpaired) electrons. The number of thioether (sulfide) groups is 1. The van der Waals surface area contributed by atoms with Gasteiger partial charge < -0.3 is 15.3 Å². The van der Waals surface area contributed by atoms with Crippen LogP contribution in [0.1, 0.15) is 50.0 Å². The summed E-state index contributed by atoms with van der Waals surface area (Å²) < 4.78 is 0. The van der Waals surface area contributed by atoms with Crippen molar-refractivity contribution in [3.63, 3.8) is 0 Å². The van der Waals surface area contributed by atoms with Gasteiger partial charge in [0.05, 0.1) is 18.6 Å². The fraction of sp³-hybridized carbons (Fsp3) is 0.600. The van der Waals surface area contributed by atoms with Crippen molar-refractivity contribution in [2.45, 2.75) is 55.8 Å². The lowest BCUT2D eigenvalue weighted by Gasteiger charge is -2.20. The topological polar surface area (TPSA) is 94.8 Å². The third-order valence-corrected chi connectivity index (χ3v) is 6.46. The minimum Gasteiger partial charge on any atom is -0.481 e. The Kier molecular flexibility index (Phi) is 8.62. The number of aliphatic hydroxyl groups is 2. The van der Waals surface area contributed by atoms with E-state index in [9.17, 15) is 19.8 Å². The Balaban J connectivity index is 1.76. The molecule has 1 aromatic carbocycles. The number of rotatable bonds is 11. The van der Waals surface area contributed by atoms with Gasteiger partial charge in [0.25, 0.3) is 0 Å². The number of benzene rings is 1. The number of Topliss-reactive ketones (excluding diaryl/α,β-unsaturated/α-hetero) is 1. The lowest BCUT2D eigenvalue weighted by atomic mass is 9.92. The summed E-state index contributed by atoms with van der Waals surface area (Å²) >= 11 is 1.48. The Morgan fingerprint density at radius 2 is 1.92 bits per heavy atom. The molecule has 0 saturated heterocycles. The Morgan fingerprint density at radius 1 is 1.19 bits per heavy atom. The van der Waals surface area contributed by atoms with Crippen LogP contribution >= 0.6 is 11.8 Å². The van der Waals surface area contributed by atoms with Crippen LogP contribution in [0.25, 0.3) is 0 Å². The highest BCUT2D eigenvalue weighted by atomic mass is 32.2. The average Bonchev–Trinajstić information content (AvgIpc) is 2.89. The SMILES string of the molecule is O=C(O)C(CCCCC[C@H]1C(=O)CC(O)[C@@H]1SCCO)c1ccccc1. The zero-order valence-electron chi connectivity index (χ0n) is 14.9. The lowest BCUT2D eigenvalue weighted by Crippen LogP contribution is -2.24. The summed E-state index contributed by atoms with van der Waals surface area (Å²) in [6, 6.07) is 9.28. The monoisotopic (exact) mass is 380 g/mol. The summed E-state index contributed by atoms with van der Waals surface area (Å²) in [7, 11) is 0. The second-order valence-corrected chi connectivity index (χ2v) is 8.13. The summed E-state index contributed by atoms with van der Waals surface area (Å²) in [6.07, 6.45) is 3.42. The van der Waals surface area contributed by atoms with E-state index in [1.54, 1.807) is 0 Å². The van der Waals surface area contributed by atoms with Crippen LogP contribution in [0.15, 0.2) is 30.3 Å². The van der Waals surface area contributed by atoms with Crippen molar-refractivity contribution in [1.29, 1.82) is 0 Å². The quantitative estimate of drug-likeness (QED) is 0.511. The molecule has 0 amide bonds. The van der Waals surface area contributed by atoms with E-state index in [1.165, 1.54) is 11.8 Å². The first-order chi connectivity index (χ1) is 12.5. The number of unbranched alkanes of at least 4 members (excludes halogenated alkanes) is 2. The number of ketones is 1. The van der Waals surface area contributed by atoms with Gasteiger partial charge in [-0.1, -0.05) is 49.6 Å². The molecule has 5 nitrogen and oxygen atoms in total. The van der Waals surface area contributed by atoms with Gasteiger partial charge in [-0.05, 0) is 18.4 Å². The van der Waals surface area contributed by atoms with Crippen LogP contribution in [0.2, 0.25) is 0 Å². The van der Waals surface area contributed by atoms with Gasteiger partial charge in [0.1, 0.15) is 5.78 Å². The molecule has 0 bridgehead atoms. The molecule has 1 fully saturated rings. The zero-order valence-corrected chi connectivity index (χ0v) is 15.7. The Bertz CT molecular complexity index is 577. The number of aliphatic hydroxyl groups excluding tert-OH is 2. The van der Waals surface area contributed by atoms with Gasteiger partial charge >= 0.3 is 5.97 Å². The standard InChI is InChI=1S/C20H28O5S/c21-11-12-26-19-16(17(22)13-18(19)23)10-6-2-5-9-15(20(24)25)14-7-3-1-4-8-14/h1,3-4,7-8,15-16,18-19,21,23H,2,5-6,9-13H2,(H,24,25)/t15?,16-,18?,19+/m0/s1. The molecule has 4 atom stereocenters. The fourth-order valence-electron chi connectivity index (χ4n) is 3.67. The van der Waals surface area contributed by atoms with Crippen molar-refractivity contribution in [2.75, 3.05) is 12.4 Å². The molecule has 2 unspecified atom stereocenters. The van der Waals surface area contributed by atoms with Gasteiger partial charge in [-0.2, -0.15) is 11.8 Å². The largest absolute Gasteiger partial charge is 0.481 e. The summed E-state index contributed by atoms with van der Waals surface area (Å²) in [6.45, 7) is 0.0465. The third kappa shape index (κ3) is 5.83. The second-order valence-electron chi connectivity index (χ2n) is 6.84. The van der Waals surface area contributed by atoms with Crippen LogP contribution in [-0.4, -0.2) is 50.8 Å². The van der Waals surface area contributed by atoms with Crippen LogP contribution < -0.4 is 0 Å². The summed E-state index contributed by atoms with van der Waals surface area (Å²) in [5.74, 6) is -0.792. The molecule has 2 rings (SSSR count). The fourth-order valence-corrected chi connectivity index (χ4v) is 4.89. The van der Waals surface area contributed by atoms with Gasteiger partial charge in [0, 0.05) is 23.3 Å². The highest BCUT2D eigenvalue weighted by molar-refractivity contribution is 8.00. The van der Waals surface area contributed by atoms with Gasteiger partial charge in [0.2, 0.25) is 0 Å². The maximum atomic E-state index is 12.1. The number of carbonyl (C=O) groups excluding carboxylic acids is 1. The first-order valence-corrected chi connectivity index (χ1v) is 10.3. The van der Waals surface area contributed by atoms with E-state index in [4.69, 9.17) is 5.11 Å². The molecule has 0 aliphatic heterocycles. The summed E-state index contributed by atoms with van der Waals surface area (Å²) in [4.78, 5) is 23.6. The maximum absolute atomic E-state index is 12.1. The predicted octanol–water partition coefficient (Wildman–Crippen LogP) is 2.85. The Labute approximate surface area is 158 Å². The smallest absolute Gasteiger partial charge is 0.310 e. The van der Waals surface area contributed by atoms with Crippen molar-refractivity contribution in [2.24, 2.45) is 5.92 Å². The van der Waals surface area contributed by atoms with Crippen molar-refractivity contribution in [3.8, 4) is 0 Å².